The smallest absolute Gasteiger partial charge is 0.269 e. The molecule has 1 N–H and O–H groups in total. The van der Waals surface area contributed by atoms with E-state index in [4.69, 9.17) is 0 Å². The predicted molar refractivity (Wildman–Crippen MR) is 88.0 cm³/mol. The van der Waals surface area contributed by atoms with E-state index in [-0.39, 0.29) is 28.5 Å². The van der Waals surface area contributed by atoms with Gasteiger partial charge in [0.05, 0.1) is 12.1 Å². The second-order valence-corrected chi connectivity index (χ2v) is 7.49. The molecule has 2 aromatic rings. The number of carbonyl (C=O) groups is 2. The van der Waals surface area contributed by atoms with Crippen molar-refractivity contribution in [2.45, 2.75) is 18.4 Å². The van der Waals surface area contributed by atoms with Crippen molar-refractivity contribution in [2.24, 2.45) is 0 Å². The van der Waals surface area contributed by atoms with Gasteiger partial charge in [0.1, 0.15) is 10.7 Å². The van der Waals surface area contributed by atoms with Crippen LogP contribution in [0.25, 0.3) is 0 Å². The number of nitrogens with one attached hydrogen (secondary N) is 1. The molecule has 6 nitrogen and oxygen atoms in total. The summed E-state index contributed by atoms with van der Waals surface area (Å²) in [7, 11) is -2.53. The number of rotatable bonds is 3. The third-order valence-electron chi connectivity index (χ3n) is 4.01. The van der Waals surface area contributed by atoms with Crippen LogP contribution in [0, 0.1) is 12.7 Å². The normalized spacial score (nSPS) is 15.2. The van der Waals surface area contributed by atoms with Gasteiger partial charge in [-0.1, -0.05) is 12.1 Å². The van der Waals surface area contributed by atoms with Gasteiger partial charge in [-0.3, -0.25) is 9.59 Å². The Balaban J connectivity index is 1.96. The number of halogens is 1. The van der Waals surface area contributed by atoms with E-state index < -0.39 is 21.7 Å². The van der Waals surface area contributed by atoms with Crippen LogP contribution in [0.1, 0.15) is 31.8 Å². The molecule has 0 spiro atoms. The highest BCUT2D eigenvalue weighted by Gasteiger charge is 2.42. The lowest BCUT2D eigenvalue weighted by Gasteiger charge is -2.15. The van der Waals surface area contributed by atoms with E-state index in [1.54, 1.807) is 24.3 Å². The fourth-order valence-electron chi connectivity index (χ4n) is 2.81. The second-order valence-electron chi connectivity index (χ2n) is 5.69. The first-order valence-electron chi connectivity index (χ1n) is 7.44. The molecule has 1 aliphatic rings. The second kappa shape index (κ2) is 5.96. The SMILES string of the molecule is CNC(=O)c1ccc(CN2C(=O)c3cc(F)cc(C)c3S2(=O)=O)cc1. The molecular weight excluding hydrogens is 347 g/mol. The van der Waals surface area contributed by atoms with Crippen LogP contribution in [0.4, 0.5) is 4.39 Å². The highest BCUT2D eigenvalue weighted by atomic mass is 32.2. The zero-order valence-corrected chi connectivity index (χ0v) is 14.4. The standard InChI is InChI=1S/C17H15FN2O4S/c1-10-7-13(18)8-14-15(10)25(23,24)20(17(14)22)9-11-3-5-12(6-4-11)16(21)19-2/h3-8H,9H2,1-2H3,(H,19,21). The van der Waals surface area contributed by atoms with Crippen LogP contribution in [0.3, 0.4) is 0 Å². The summed E-state index contributed by atoms with van der Waals surface area (Å²) in [5, 5.41) is 2.48. The number of fused-ring (bicyclic) bond motifs is 1. The molecule has 25 heavy (non-hydrogen) atoms. The lowest BCUT2D eigenvalue weighted by molar-refractivity contribution is 0.0863. The Bertz CT molecular complexity index is 984. The number of aryl methyl sites for hydroxylation is 1. The summed E-state index contributed by atoms with van der Waals surface area (Å²) in [6.07, 6.45) is 0. The van der Waals surface area contributed by atoms with E-state index in [1.165, 1.54) is 14.0 Å². The van der Waals surface area contributed by atoms with E-state index in [2.05, 4.69) is 5.32 Å². The van der Waals surface area contributed by atoms with Crippen LogP contribution in [0.15, 0.2) is 41.3 Å². The summed E-state index contributed by atoms with van der Waals surface area (Å²) in [6.45, 7) is 1.26. The maximum Gasteiger partial charge on any atom is 0.269 e. The summed E-state index contributed by atoms with van der Waals surface area (Å²) < 4.78 is 39.6. The average molecular weight is 362 g/mol. The highest BCUT2D eigenvalue weighted by Crippen LogP contribution is 2.34. The first-order chi connectivity index (χ1) is 11.8. The van der Waals surface area contributed by atoms with Crippen LogP contribution in [-0.4, -0.2) is 31.6 Å². The Labute approximate surface area is 144 Å². The largest absolute Gasteiger partial charge is 0.355 e. The number of hydrogen-bond donors (Lipinski definition) is 1. The molecule has 2 aromatic carbocycles. The third-order valence-corrected chi connectivity index (χ3v) is 5.95. The number of sulfonamides is 1. The summed E-state index contributed by atoms with van der Waals surface area (Å²) in [4.78, 5) is 23.8. The predicted octanol–water partition coefficient (Wildman–Crippen LogP) is 1.84. The van der Waals surface area contributed by atoms with Gasteiger partial charge in [-0.05, 0) is 42.3 Å². The van der Waals surface area contributed by atoms with Gasteiger partial charge >= 0.3 is 0 Å². The summed E-state index contributed by atoms with van der Waals surface area (Å²) in [6, 6.07) is 8.26. The van der Waals surface area contributed by atoms with Gasteiger partial charge in [-0.2, -0.15) is 0 Å². The average Bonchev–Trinajstić information content (AvgIpc) is 2.75. The zero-order chi connectivity index (χ0) is 18.4. The molecule has 0 aliphatic carbocycles. The van der Waals surface area contributed by atoms with Crippen molar-refractivity contribution >= 4 is 21.8 Å². The molecule has 0 unspecified atom stereocenters. The molecule has 1 aliphatic heterocycles. The summed E-state index contributed by atoms with van der Waals surface area (Å²) in [5.74, 6) is -1.68. The highest BCUT2D eigenvalue weighted by molar-refractivity contribution is 7.90. The van der Waals surface area contributed by atoms with E-state index in [0.29, 0.717) is 11.1 Å². The Morgan fingerprint density at radius 3 is 2.44 bits per heavy atom. The Hall–Kier alpha value is -2.74. The number of nitrogens with zero attached hydrogens (tertiary/aromatic N) is 1. The molecule has 0 atom stereocenters. The minimum atomic E-state index is -4.03. The topological polar surface area (TPSA) is 83.6 Å². The van der Waals surface area contributed by atoms with E-state index >= 15 is 0 Å². The van der Waals surface area contributed by atoms with Crippen molar-refractivity contribution in [1.82, 2.24) is 9.62 Å². The number of benzene rings is 2. The summed E-state index contributed by atoms with van der Waals surface area (Å²) >= 11 is 0. The molecule has 2 amide bonds. The fraction of sp³-hybridized carbons (Fsp3) is 0.176. The molecule has 0 bridgehead atoms. The third kappa shape index (κ3) is 2.78. The van der Waals surface area contributed by atoms with Gasteiger partial charge in [-0.15, -0.1) is 0 Å². The van der Waals surface area contributed by atoms with Crippen LogP contribution >= 0.6 is 0 Å². The van der Waals surface area contributed by atoms with Crippen molar-refractivity contribution in [1.29, 1.82) is 0 Å². The van der Waals surface area contributed by atoms with Gasteiger partial charge in [0, 0.05) is 12.6 Å². The minimum absolute atomic E-state index is 0.152. The van der Waals surface area contributed by atoms with Crippen molar-refractivity contribution in [3.05, 3.63) is 64.5 Å². The van der Waals surface area contributed by atoms with Crippen molar-refractivity contribution in [2.75, 3.05) is 7.05 Å². The molecule has 130 valence electrons. The Morgan fingerprint density at radius 1 is 1.20 bits per heavy atom. The van der Waals surface area contributed by atoms with Gasteiger partial charge in [0.15, 0.2) is 0 Å². The maximum atomic E-state index is 13.6. The van der Waals surface area contributed by atoms with Gasteiger partial charge in [0.25, 0.3) is 21.8 Å². The lowest BCUT2D eigenvalue weighted by atomic mass is 10.1. The van der Waals surface area contributed by atoms with Crippen molar-refractivity contribution in [3.8, 4) is 0 Å². The first kappa shape index (κ1) is 17.1. The zero-order valence-electron chi connectivity index (χ0n) is 13.5. The maximum absolute atomic E-state index is 13.6. The van der Waals surface area contributed by atoms with Gasteiger partial charge in [0.2, 0.25) is 0 Å². The van der Waals surface area contributed by atoms with Crippen molar-refractivity contribution < 1.29 is 22.4 Å². The first-order valence-corrected chi connectivity index (χ1v) is 8.88. The van der Waals surface area contributed by atoms with E-state index in [9.17, 15) is 22.4 Å². The Kier molecular flexibility index (Phi) is 4.08. The number of hydrogen-bond acceptors (Lipinski definition) is 4. The number of carbonyl (C=O) groups excluding carboxylic acids is 2. The van der Waals surface area contributed by atoms with Crippen LogP contribution in [0.5, 0.6) is 0 Å². The fourth-order valence-corrected chi connectivity index (χ4v) is 4.56. The van der Waals surface area contributed by atoms with E-state index in [0.717, 1.165) is 16.4 Å². The molecule has 0 saturated carbocycles. The van der Waals surface area contributed by atoms with Crippen LogP contribution in [-0.2, 0) is 16.6 Å². The van der Waals surface area contributed by atoms with Crippen LogP contribution < -0.4 is 5.32 Å². The van der Waals surface area contributed by atoms with Gasteiger partial charge in [-0.25, -0.2) is 17.1 Å². The molecule has 0 fully saturated rings. The number of amides is 2. The van der Waals surface area contributed by atoms with Crippen LogP contribution in [0.2, 0.25) is 0 Å². The molecule has 0 saturated heterocycles. The lowest BCUT2D eigenvalue weighted by Crippen LogP contribution is -2.29. The van der Waals surface area contributed by atoms with Gasteiger partial charge < -0.3 is 5.32 Å². The molecule has 0 aromatic heterocycles. The minimum Gasteiger partial charge on any atom is -0.355 e. The van der Waals surface area contributed by atoms with Crippen molar-refractivity contribution in [3.63, 3.8) is 0 Å². The molecule has 8 heteroatoms. The van der Waals surface area contributed by atoms with E-state index in [1.807, 2.05) is 0 Å². The Morgan fingerprint density at radius 2 is 1.84 bits per heavy atom. The quantitative estimate of drug-likeness (QED) is 0.903. The molecular formula is C17H15FN2O4S. The monoisotopic (exact) mass is 362 g/mol. The molecule has 3 rings (SSSR count). The molecule has 1 heterocycles. The summed E-state index contributed by atoms with van der Waals surface area (Å²) in [5.41, 5.74) is 0.999. The molecule has 0 radical (unpaired) electrons.